The Balaban J connectivity index is 4.58. The Bertz CT molecular complexity index is 298. The Morgan fingerprint density at radius 3 is 2.10 bits per heavy atom. The highest BCUT2D eigenvalue weighted by Gasteiger charge is 2.23. The van der Waals surface area contributed by atoms with Crippen LogP contribution in [-0.2, 0) is 23.7 Å². The van der Waals surface area contributed by atoms with Crippen molar-refractivity contribution in [3.05, 3.63) is 11.1 Å². The first-order chi connectivity index (χ1) is 9.94. The van der Waals surface area contributed by atoms with Crippen molar-refractivity contribution in [2.45, 2.75) is 65.3 Å². The van der Waals surface area contributed by atoms with E-state index in [0.29, 0.717) is 24.1 Å². The lowest BCUT2D eigenvalue weighted by atomic mass is 10.1. The molecular weight excluding hydrogens is 340 g/mol. The molecule has 0 aliphatic heterocycles. The van der Waals surface area contributed by atoms with Crippen LogP contribution in [0.25, 0.3) is 0 Å². The lowest BCUT2D eigenvalue weighted by molar-refractivity contribution is -0.182. The fourth-order valence-corrected chi connectivity index (χ4v) is 2.16. The number of carbonyl (C=O) groups is 1. The molecule has 0 saturated carbocycles. The van der Waals surface area contributed by atoms with Gasteiger partial charge in [-0.1, -0.05) is 22.5 Å². The van der Waals surface area contributed by atoms with Gasteiger partial charge in [-0.2, -0.15) is 0 Å². The van der Waals surface area contributed by atoms with Crippen LogP contribution in [0.5, 0.6) is 0 Å². The van der Waals surface area contributed by atoms with Crippen molar-refractivity contribution < 1.29 is 23.7 Å². The molecule has 0 aliphatic carbocycles. The smallest absolute Gasteiger partial charge is 0.155 e. The summed E-state index contributed by atoms with van der Waals surface area (Å²) in [6.45, 7) is 12.4. The van der Waals surface area contributed by atoms with Gasteiger partial charge in [0.15, 0.2) is 12.6 Å². The Hall–Kier alpha value is -0.270. The van der Waals surface area contributed by atoms with Crippen LogP contribution in [0, 0.1) is 0 Å². The molecule has 0 aromatic rings. The molecule has 5 nitrogen and oxygen atoms in total. The van der Waals surface area contributed by atoms with Crippen molar-refractivity contribution in [3.63, 3.8) is 0 Å². The van der Waals surface area contributed by atoms with E-state index in [1.807, 2.05) is 27.7 Å². The monoisotopic (exact) mass is 366 g/mol. The van der Waals surface area contributed by atoms with Gasteiger partial charge in [0.1, 0.15) is 6.29 Å². The Morgan fingerprint density at radius 1 is 1.14 bits per heavy atom. The lowest BCUT2D eigenvalue weighted by Crippen LogP contribution is -2.30. The van der Waals surface area contributed by atoms with E-state index in [4.69, 9.17) is 18.9 Å². The number of halogens is 1. The zero-order chi connectivity index (χ0) is 16.3. The van der Waals surface area contributed by atoms with Gasteiger partial charge >= 0.3 is 0 Å². The van der Waals surface area contributed by atoms with Crippen LogP contribution in [0.15, 0.2) is 11.1 Å². The van der Waals surface area contributed by atoms with E-state index in [-0.39, 0.29) is 31.2 Å². The Morgan fingerprint density at radius 2 is 1.67 bits per heavy atom. The second-order valence-corrected chi connectivity index (χ2v) is 5.53. The van der Waals surface area contributed by atoms with E-state index in [0.717, 1.165) is 6.29 Å². The minimum Gasteiger partial charge on any atom is -0.353 e. The zero-order valence-electron chi connectivity index (χ0n) is 13.3. The van der Waals surface area contributed by atoms with Gasteiger partial charge in [-0.05, 0) is 27.7 Å². The zero-order valence-corrected chi connectivity index (χ0v) is 14.9. The number of hydrogen-bond donors (Lipinski definition) is 0. The van der Waals surface area contributed by atoms with Gasteiger partial charge in [-0.25, -0.2) is 0 Å². The van der Waals surface area contributed by atoms with Crippen molar-refractivity contribution in [3.8, 4) is 0 Å². The first-order valence-electron chi connectivity index (χ1n) is 7.26. The number of hydrogen-bond acceptors (Lipinski definition) is 5. The maximum absolute atomic E-state index is 10.8. The fraction of sp³-hybridized carbons (Fsp3) is 0.800. The Labute approximate surface area is 136 Å². The van der Waals surface area contributed by atoms with Crippen LogP contribution in [-0.4, -0.2) is 44.3 Å². The number of rotatable bonds is 13. The van der Waals surface area contributed by atoms with Crippen LogP contribution in [0.3, 0.4) is 0 Å². The average Bonchev–Trinajstić information content (AvgIpc) is 2.38. The summed E-state index contributed by atoms with van der Waals surface area (Å²) in [5.74, 6) is 0. The summed E-state index contributed by atoms with van der Waals surface area (Å²) in [5.41, 5.74) is 0. The van der Waals surface area contributed by atoms with Gasteiger partial charge in [0.25, 0.3) is 0 Å². The largest absolute Gasteiger partial charge is 0.353 e. The second-order valence-electron chi connectivity index (χ2n) is 4.51. The molecule has 0 radical (unpaired) electrons. The average molecular weight is 367 g/mol. The van der Waals surface area contributed by atoms with Gasteiger partial charge in [-0.3, -0.25) is 0 Å². The molecule has 0 N–H and O–H groups in total. The standard InChI is InChI=1S/C15H27BrO5/c1-6-18-12(4)20-14(8-9-17)10-15(11(3)16)21-13(5)19-7-2/h9,12-15H,3,6-8,10H2,1-2,4-5H3. The molecule has 4 atom stereocenters. The van der Waals surface area contributed by atoms with Crippen molar-refractivity contribution in [1.29, 1.82) is 0 Å². The molecule has 0 aliphatic rings. The van der Waals surface area contributed by atoms with Crippen molar-refractivity contribution >= 4 is 22.2 Å². The molecule has 0 heterocycles. The molecule has 0 saturated heterocycles. The van der Waals surface area contributed by atoms with E-state index in [9.17, 15) is 4.79 Å². The van der Waals surface area contributed by atoms with Gasteiger partial charge in [-0.15, -0.1) is 0 Å². The third kappa shape index (κ3) is 10.1. The van der Waals surface area contributed by atoms with Crippen LogP contribution in [0.2, 0.25) is 0 Å². The number of aldehydes is 1. The van der Waals surface area contributed by atoms with Crippen LogP contribution < -0.4 is 0 Å². The van der Waals surface area contributed by atoms with Gasteiger partial charge < -0.3 is 23.7 Å². The van der Waals surface area contributed by atoms with E-state index < -0.39 is 0 Å². The summed E-state index contributed by atoms with van der Waals surface area (Å²) in [7, 11) is 0. The first-order valence-corrected chi connectivity index (χ1v) is 8.05. The fourth-order valence-electron chi connectivity index (χ4n) is 1.86. The maximum Gasteiger partial charge on any atom is 0.155 e. The summed E-state index contributed by atoms with van der Waals surface area (Å²) in [6.07, 6.45) is 0.299. The van der Waals surface area contributed by atoms with Crippen LogP contribution in [0.1, 0.15) is 40.5 Å². The van der Waals surface area contributed by atoms with Crippen LogP contribution >= 0.6 is 15.9 Å². The molecule has 0 bridgehead atoms. The minimum atomic E-state index is -0.367. The van der Waals surface area contributed by atoms with Gasteiger partial charge in [0, 0.05) is 30.5 Å². The Kier molecular flexibility index (Phi) is 12.1. The summed E-state index contributed by atoms with van der Waals surface area (Å²) in [5, 5.41) is 0. The predicted molar refractivity (Wildman–Crippen MR) is 85.3 cm³/mol. The summed E-state index contributed by atoms with van der Waals surface area (Å²) < 4.78 is 22.9. The van der Waals surface area contributed by atoms with Crippen LogP contribution in [0.4, 0.5) is 0 Å². The molecule has 0 fully saturated rings. The van der Waals surface area contributed by atoms with Crippen molar-refractivity contribution in [1.82, 2.24) is 0 Å². The molecule has 0 aromatic carbocycles. The molecule has 21 heavy (non-hydrogen) atoms. The summed E-state index contributed by atoms with van der Waals surface area (Å²) >= 11 is 3.35. The molecule has 0 amide bonds. The quantitative estimate of drug-likeness (QED) is 0.369. The number of ether oxygens (including phenoxy) is 4. The molecule has 0 spiro atoms. The molecule has 6 heteroatoms. The van der Waals surface area contributed by atoms with E-state index in [1.165, 1.54) is 0 Å². The van der Waals surface area contributed by atoms with Gasteiger partial charge in [0.05, 0.1) is 12.2 Å². The normalized spacial score (nSPS) is 17.0. The third-order valence-electron chi connectivity index (χ3n) is 2.73. The highest BCUT2D eigenvalue weighted by Crippen LogP contribution is 2.22. The van der Waals surface area contributed by atoms with Crippen molar-refractivity contribution in [2.75, 3.05) is 13.2 Å². The lowest BCUT2D eigenvalue weighted by Gasteiger charge is -2.27. The molecule has 124 valence electrons. The highest BCUT2D eigenvalue weighted by molar-refractivity contribution is 9.11. The van der Waals surface area contributed by atoms with Gasteiger partial charge in [0.2, 0.25) is 0 Å². The molecule has 0 aromatic heterocycles. The molecule has 4 unspecified atom stereocenters. The highest BCUT2D eigenvalue weighted by atomic mass is 79.9. The van der Waals surface area contributed by atoms with Crippen molar-refractivity contribution in [2.24, 2.45) is 0 Å². The first kappa shape index (κ1) is 20.7. The maximum atomic E-state index is 10.8. The molecule has 0 rings (SSSR count). The SMILES string of the molecule is C=C(Br)C(CC(CC=O)OC(C)OCC)OC(C)OCC. The second kappa shape index (κ2) is 12.3. The molecular formula is C15H27BrO5. The summed E-state index contributed by atoms with van der Waals surface area (Å²) in [6, 6.07) is 0. The number of carbonyl (C=O) groups excluding carboxylic acids is 1. The van der Waals surface area contributed by atoms with E-state index >= 15 is 0 Å². The van der Waals surface area contributed by atoms with E-state index in [1.54, 1.807) is 0 Å². The summed E-state index contributed by atoms with van der Waals surface area (Å²) in [4.78, 5) is 10.8. The third-order valence-corrected chi connectivity index (χ3v) is 3.24. The predicted octanol–water partition coefficient (Wildman–Crippen LogP) is 3.41. The van der Waals surface area contributed by atoms with E-state index in [2.05, 4.69) is 22.5 Å². The topological polar surface area (TPSA) is 54.0 Å². The minimum absolute atomic E-state index is 0.278.